The number of hydrogen-bond acceptors (Lipinski definition) is 4. The maximum atomic E-state index is 12.7. The first-order valence-electron chi connectivity index (χ1n) is 9.23. The first kappa shape index (κ1) is 19.6. The second kappa shape index (κ2) is 7.96. The van der Waals surface area contributed by atoms with E-state index < -0.39 is 9.84 Å². The van der Waals surface area contributed by atoms with E-state index in [0.29, 0.717) is 11.3 Å². The lowest BCUT2D eigenvalue weighted by Gasteiger charge is -2.10. The van der Waals surface area contributed by atoms with Gasteiger partial charge in [0.2, 0.25) is 0 Å². The largest absolute Gasteiger partial charge is 0.322 e. The van der Waals surface area contributed by atoms with Crippen molar-refractivity contribution in [2.24, 2.45) is 0 Å². The summed E-state index contributed by atoms with van der Waals surface area (Å²) in [6.45, 7) is 0. The normalized spacial score (nSPS) is 11.2. The molecule has 30 heavy (non-hydrogen) atoms. The molecule has 0 bridgehead atoms. The summed E-state index contributed by atoms with van der Waals surface area (Å²) in [7, 11) is -3.28. The van der Waals surface area contributed by atoms with E-state index in [9.17, 15) is 13.2 Å². The van der Waals surface area contributed by atoms with Gasteiger partial charge in [0.05, 0.1) is 22.5 Å². The third-order valence-electron chi connectivity index (χ3n) is 4.61. The van der Waals surface area contributed by atoms with Gasteiger partial charge in [0.15, 0.2) is 9.84 Å². The zero-order valence-electron chi connectivity index (χ0n) is 16.2. The van der Waals surface area contributed by atoms with Crippen molar-refractivity contribution in [3.8, 4) is 16.9 Å². The van der Waals surface area contributed by atoms with Crippen LogP contribution in [-0.4, -0.2) is 30.4 Å². The number of anilines is 1. The Labute approximate surface area is 174 Å². The molecule has 1 N–H and O–H groups in total. The van der Waals surface area contributed by atoms with E-state index in [-0.39, 0.29) is 10.8 Å². The molecule has 4 aromatic rings. The average Bonchev–Trinajstić information content (AvgIpc) is 3.24. The smallest absolute Gasteiger partial charge is 0.255 e. The van der Waals surface area contributed by atoms with Crippen molar-refractivity contribution in [3.63, 3.8) is 0 Å². The number of hydrogen-bond donors (Lipinski definition) is 1. The fourth-order valence-corrected chi connectivity index (χ4v) is 3.73. The molecule has 0 saturated heterocycles. The molecule has 3 aromatic carbocycles. The van der Waals surface area contributed by atoms with Gasteiger partial charge in [-0.25, -0.2) is 13.1 Å². The van der Waals surface area contributed by atoms with Gasteiger partial charge in [-0.05, 0) is 48.5 Å². The number of benzene rings is 3. The molecule has 7 heteroatoms. The van der Waals surface area contributed by atoms with Crippen LogP contribution >= 0.6 is 0 Å². The summed E-state index contributed by atoms with van der Waals surface area (Å²) in [6.07, 6.45) is 2.86. The van der Waals surface area contributed by atoms with Crippen molar-refractivity contribution in [2.45, 2.75) is 4.90 Å². The number of carbonyl (C=O) groups is 1. The van der Waals surface area contributed by atoms with Gasteiger partial charge in [-0.15, -0.1) is 0 Å². The topological polar surface area (TPSA) is 81.1 Å². The van der Waals surface area contributed by atoms with Crippen LogP contribution in [0.25, 0.3) is 16.9 Å². The lowest BCUT2D eigenvalue weighted by molar-refractivity contribution is 0.102. The first-order chi connectivity index (χ1) is 14.4. The highest BCUT2D eigenvalue weighted by atomic mass is 32.2. The summed E-state index contributed by atoms with van der Waals surface area (Å²) in [5.41, 5.74) is 3.69. The van der Waals surface area contributed by atoms with Gasteiger partial charge in [-0.1, -0.05) is 36.4 Å². The molecular weight excluding hydrogens is 398 g/mol. The zero-order chi connectivity index (χ0) is 21.1. The van der Waals surface area contributed by atoms with E-state index in [4.69, 9.17) is 0 Å². The predicted octanol–water partition coefficient (Wildman–Crippen LogP) is 4.20. The Balaban J connectivity index is 1.59. The van der Waals surface area contributed by atoms with Gasteiger partial charge in [0.25, 0.3) is 5.91 Å². The van der Waals surface area contributed by atoms with E-state index in [1.807, 2.05) is 42.5 Å². The molecule has 0 fully saturated rings. The molecule has 0 aliphatic rings. The standard InChI is InChI=1S/C23H19N3O3S/c1-30(28,29)21-12-10-19(11-13-21)25-23(27)18-8-5-9-20(16-18)26-22(14-15-24-26)17-6-3-2-4-7-17/h2-16H,1H3,(H,25,27). The van der Waals surface area contributed by atoms with E-state index in [1.165, 1.54) is 12.1 Å². The summed E-state index contributed by atoms with van der Waals surface area (Å²) in [5.74, 6) is -0.294. The summed E-state index contributed by atoms with van der Waals surface area (Å²) in [5, 5.41) is 7.20. The number of rotatable bonds is 5. The zero-order valence-corrected chi connectivity index (χ0v) is 17.0. The highest BCUT2D eigenvalue weighted by Crippen LogP contribution is 2.23. The maximum absolute atomic E-state index is 12.7. The van der Waals surface area contributed by atoms with E-state index in [0.717, 1.165) is 23.2 Å². The van der Waals surface area contributed by atoms with Gasteiger partial charge in [-0.3, -0.25) is 4.79 Å². The number of nitrogens with zero attached hydrogens (tertiary/aromatic N) is 2. The number of nitrogens with one attached hydrogen (secondary N) is 1. The summed E-state index contributed by atoms with van der Waals surface area (Å²) in [4.78, 5) is 12.9. The van der Waals surface area contributed by atoms with Crippen LogP contribution < -0.4 is 5.32 Å². The molecule has 6 nitrogen and oxygen atoms in total. The Kier molecular flexibility index (Phi) is 5.20. The van der Waals surface area contributed by atoms with Gasteiger partial charge in [0, 0.05) is 23.1 Å². The third-order valence-corrected chi connectivity index (χ3v) is 5.73. The third kappa shape index (κ3) is 4.16. The molecule has 1 aromatic heterocycles. The molecule has 1 amide bonds. The summed E-state index contributed by atoms with van der Waals surface area (Å²) < 4.78 is 24.9. The molecule has 1 heterocycles. The van der Waals surface area contributed by atoms with Crippen LogP contribution in [0.1, 0.15) is 10.4 Å². The van der Waals surface area contributed by atoms with Crippen molar-refractivity contribution in [1.29, 1.82) is 0 Å². The minimum absolute atomic E-state index is 0.203. The van der Waals surface area contributed by atoms with Crippen molar-refractivity contribution in [2.75, 3.05) is 11.6 Å². The molecular formula is C23H19N3O3S. The average molecular weight is 417 g/mol. The molecule has 0 atom stereocenters. The van der Waals surface area contributed by atoms with Crippen LogP contribution in [0.15, 0.2) is 96.0 Å². The highest BCUT2D eigenvalue weighted by Gasteiger charge is 2.12. The molecule has 0 aliphatic heterocycles. The number of sulfone groups is 1. The molecule has 0 aliphatic carbocycles. The van der Waals surface area contributed by atoms with Crippen LogP contribution in [0.4, 0.5) is 5.69 Å². The highest BCUT2D eigenvalue weighted by molar-refractivity contribution is 7.90. The lowest BCUT2D eigenvalue weighted by atomic mass is 10.1. The van der Waals surface area contributed by atoms with Crippen LogP contribution in [0.3, 0.4) is 0 Å². The van der Waals surface area contributed by atoms with Gasteiger partial charge in [-0.2, -0.15) is 5.10 Å². The molecule has 0 spiro atoms. The molecule has 0 saturated carbocycles. The van der Waals surface area contributed by atoms with Gasteiger partial charge < -0.3 is 5.32 Å². The van der Waals surface area contributed by atoms with Crippen molar-refractivity contribution in [1.82, 2.24) is 9.78 Å². The van der Waals surface area contributed by atoms with Gasteiger partial charge in [0.1, 0.15) is 0 Å². The number of amides is 1. The summed E-state index contributed by atoms with van der Waals surface area (Å²) in [6, 6.07) is 25.1. The molecule has 4 rings (SSSR count). The quantitative estimate of drug-likeness (QED) is 0.528. The Bertz CT molecular complexity index is 1300. The first-order valence-corrected chi connectivity index (χ1v) is 11.1. The van der Waals surface area contributed by atoms with Crippen molar-refractivity contribution in [3.05, 3.63) is 96.7 Å². The second-order valence-electron chi connectivity index (χ2n) is 6.80. The van der Waals surface area contributed by atoms with E-state index in [1.54, 1.807) is 41.2 Å². The minimum Gasteiger partial charge on any atom is -0.322 e. The number of carbonyl (C=O) groups excluding carboxylic acids is 1. The fraction of sp³-hybridized carbons (Fsp3) is 0.0435. The lowest BCUT2D eigenvalue weighted by Crippen LogP contribution is -2.12. The monoisotopic (exact) mass is 417 g/mol. The van der Waals surface area contributed by atoms with Crippen LogP contribution in [0.5, 0.6) is 0 Å². The Morgan fingerprint density at radius 2 is 1.63 bits per heavy atom. The number of aromatic nitrogens is 2. The summed E-state index contributed by atoms with van der Waals surface area (Å²) >= 11 is 0. The van der Waals surface area contributed by atoms with Crippen LogP contribution in [0, 0.1) is 0 Å². The Hall–Kier alpha value is -3.71. The SMILES string of the molecule is CS(=O)(=O)c1ccc(NC(=O)c2cccc(-n3nccc3-c3ccccc3)c2)cc1. The van der Waals surface area contributed by atoms with Crippen LogP contribution in [0.2, 0.25) is 0 Å². The van der Waals surface area contributed by atoms with Crippen molar-refractivity contribution >= 4 is 21.4 Å². The second-order valence-corrected chi connectivity index (χ2v) is 8.81. The Morgan fingerprint density at radius 1 is 0.900 bits per heavy atom. The maximum Gasteiger partial charge on any atom is 0.255 e. The fourth-order valence-electron chi connectivity index (χ4n) is 3.10. The molecule has 0 radical (unpaired) electrons. The van der Waals surface area contributed by atoms with Crippen molar-refractivity contribution < 1.29 is 13.2 Å². The van der Waals surface area contributed by atoms with Gasteiger partial charge >= 0.3 is 0 Å². The molecule has 150 valence electrons. The Morgan fingerprint density at radius 3 is 2.33 bits per heavy atom. The predicted molar refractivity (Wildman–Crippen MR) is 117 cm³/mol. The van der Waals surface area contributed by atoms with E-state index >= 15 is 0 Å². The van der Waals surface area contributed by atoms with Crippen LogP contribution in [-0.2, 0) is 9.84 Å². The van der Waals surface area contributed by atoms with E-state index in [2.05, 4.69) is 10.4 Å². The minimum atomic E-state index is -3.28. The molecule has 0 unspecified atom stereocenters.